The van der Waals surface area contributed by atoms with Crippen LogP contribution in [0.2, 0.25) is 10.0 Å². The van der Waals surface area contributed by atoms with Crippen LogP contribution >= 0.6 is 35.0 Å². The van der Waals surface area contributed by atoms with Crippen molar-refractivity contribution in [3.8, 4) is 0 Å². The van der Waals surface area contributed by atoms with Gasteiger partial charge in [0.05, 0.1) is 21.3 Å². The zero-order valence-electron chi connectivity index (χ0n) is 11.9. The van der Waals surface area contributed by atoms with E-state index in [0.717, 1.165) is 29.8 Å². The molecule has 22 heavy (non-hydrogen) atoms. The monoisotopic (exact) mass is 356 g/mol. The second kappa shape index (κ2) is 6.58. The Morgan fingerprint density at radius 1 is 1.36 bits per heavy atom. The first-order chi connectivity index (χ1) is 10.6. The molecule has 3 heterocycles. The number of pyridine rings is 1. The summed E-state index contributed by atoms with van der Waals surface area (Å²) in [6, 6.07) is 0. The van der Waals surface area contributed by atoms with E-state index in [0.29, 0.717) is 28.3 Å². The number of nitrogens with zero attached hydrogens (tertiary/aromatic N) is 3. The highest BCUT2D eigenvalue weighted by atomic mass is 35.5. The molecule has 2 aromatic rings. The number of hydrogen-bond acceptors (Lipinski definition) is 5. The van der Waals surface area contributed by atoms with E-state index in [1.165, 1.54) is 11.8 Å². The van der Waals surface area contributed by atoms with Crippen LogP contribution in [0.25, 0.3) is 0 Å². The highest BCUT2D eigenvalue weighted by Crippen LogP contribution is 2.26. The Balaban J connectivity index is 1.84. The van der Waals surface area contributed by atoms with Gasteiger partial charge in [-0.3, -0.25) is 14.7 Å². The second-order valence-electron chi connectivity index (χ2n) is 5.04. The van der Waals surface area contributed by atoms with Gasteiger partial charge in [0.25, 0.3) is 5.56 Å². The molecule has 0 amide bonds. The standard InChI is InChI=1S/C14H14Cl2N4OS/c1-22-14-18-12-2-3-20(7-9(12)13(21)19-14)6-8-10(15)4-17-5-11(8)16/h4-5H,2-3,6-7H2,1H3,(H,18,19,21). The summed E-state index contributed by atoms with van der Waals surface area (Å²) in [5, 5.41) is 1.75. The van der Waals surface area contributed by atoms with Crippen molar-refractivity contribution in [1.82, 2.24) is 19.9 Å². The number of nitrogens with one attached hydrogen (secondary N) is 1. The van der Waals surface area contributed by atoms with Crippen molar-refractivity contribution in [3.05, 3.63) is 49.6 Å². The molecule has 3 rings (SSSR count). The fraction of sp³-hybridized carbons (Fsp3) is 0.357. The number of H-pyrrole nitrogens is 1. The topological polar surface area (TPSA) is 61.9 Å². The molecule has 0 bridgehead atoms. The van der Waals surface area contributed by atoms with E-state index in [-0.39, 0.29) is 5.56 Å². The van der Waals surface area contributed by atoms with Gasteiger partial charge in [0.1, 0.15) is 0 Å². The molecular weight excluding hydrogens is 343 g/mol. The first kappa shape index (κ1) is 15.8. The third-order valence-electron chi connectivity index (χ3n) is 3.65. The maximum atomic E-state index is 12.2. The molecule has 5 nitrogen and oxygen atoms in total. The Morgan fingerprint density at radius 2 is 2.09 bits per heavy atom. The van der Waals surface area contributed by atoms with Gasteiger partial charge in [-0.25, -0.2) is 4.98 Å². The van der Waals surface area contributed by atoms with Gasteiger partial charge in [-0.2, -0.15) is 0 Å². The number of thioether (sulfide) groups is 1. The van der Waals surface area contributed by atoms with E-state index in [1.54, 1.807) is 12.4 Å². The zero-order valence-corrected chi connectivity index (χ0v) is 14.2. The number of halogens is 2. The summed E-state index contributed by atoms with van der Waals surface area (Å²) in [4.78, 5) is 25.6. The predicted octanol–water partition coefficient (Wildman–Crippen LogP) is 2.75. The highest BCUT2D eigenvalue weighted by Gasteiger charge is 2.22. The average Bonchev–Trinajstić information content (AvgIpc) is 2.51. The van der Waals surface area contributed by atoms with E-state index >= 15 is 0 Å². The van der Waals surface area contributed by atoms with Gasteiger partial charge >= 0.3 is 0 Å². The molecule has 0 aliphatic carbocycles. The summed E-state index contributed by atoms with van der Waals surface area (Å²) in [6.45, 7) is 1.94. The zero-order chi connectivity index (χ0) is 15.7. The largest absolute Gasteiger partial charge is 0.301 e. The molecule has 0 unspecified atom stereocenters. The summed E-state index contributed by atoms with van der Waals surface area (Å²) in [5.74, 6) is 0. The lowest BCUT2D eigenvalue weighted by molar-refractivity contribution is 0.241. The molecule has 116 valence electrons. The molecule has 1 aliphatic heterocycles. The molecule has 0 saturated carbocycles. The van der Waals surface area contributed by atoms with Crippen LogP contribution in [0.5, 0.6) is 0 Å². The number of aromatic amines is 1. The highest BCUT2D eigenvalue weighted by molar-refractivity contribution is 7.98. The average molecular weight is 357 g/mol. The maximum absolute atomic E-state index is 12.2. The normalized spacial score (nSPS) is 14.9. The van der Waals surface area contributed by atoms with Crippen molar-refractivity contribution < 1.29 is 0 Å². The molecule has 0 fully saturated rings. The van der Waals surface area contributed by atoms with Gasteiger partial charge in [-0.1, -0.05) is 35.0 Å². The van der Waals surface area contributed by atoms with Crippen molar-refractivity contribution in [3.63, 3.8) is 0 Å². The van der Waals surface area contributed by atoms with E-state index < -0.39 is 0 Å². The Bertz CT molecular complexity index is 745. The van der Waals surface area contributed by atoms with Gasteiger partial charge in [0.2, 0.25) is 0 Å². The van der Waals surface area contributed by atoms with Gasteiger partial charge in [0, 0.05) is 44.0 Å². The number of rotatable bonds is 3. The lowest BCUT2D eigenvalue weighted by Gasteiger charge is -2.28. The van der Waals surface area contributed by atoms with E-state index in [2.05, 4.69) is 19.9 Å². The molecule has 0 saturated heterocycles. The van der Waals surface area contributed by atoms with Crippen LogP contribution in [-0.4, -0.2) is 32.7 Å². The first-order valence-electron chi connectivity index (χ1n) is 6.74. The summed E-state index contributed by atoms with van der Waals surface area (Å²) < 4.78 is 0. The van der Waals surface area contributed by atoms with E-state index in [9.17, 15) is 4.79 Å². The summed E-state index contributed by atoms with van der Waals surface area (Å²) in [5.41, 5.74) is 2.39. The van der Waals surface area contributed by atoms with Crippen LogP contribution in [0.4, 0.5) is 0 Å². The summed E-state index contributed by atoms with van der Waals surface area (Å²) in [6.07, 6.45) is 5.81. The van der Waals surface area contributed by atoms with Gasteiger partial charge in [-0.05, 0) is 6.26 Å². The number of aromatic nitrogens is 3. The maximum Gasteiger partial charge on any atom is 0.256 e. The second-order valence-corrected chi connectivity index (χ2v) is 6.65. The van der Waals surface area contributed by atoms with Crippen molar-refractivity contribution >= 4 is 35.0 Å². The molecule has 8 heteroatoms. The Labute approximate surface area is 142 Å². The first-order valence-corrected chi connectivity index (χ1v) is 8.73. The fourth-order valence-corrected chi connectivity index (χ4v) is 3.38. The lowest BCUT2D eigenvalue weighted by Crippen LogP contribution is -2.35. The lowest BCUT2D eigenvalue weighted by atomic mass is 10.1. The van der Waals surface area contributed by atoms with Crippen LogP contribution in [0.15, 0.2) is 22.3 Å². The van der Waals surface area contributed by atoms with Crippen LogP contribution in [0.1, 0.15) is 16.8 Å². The Hall–Kier alpha value is -1.08. The fourth-order valence-electron chi connectivity index (χ4n) is 2.50. The van der Waals surface area contributed by atoms with Crippen molar-refractivity contribution in [2.45, 2.75) is 24.7 Å². The predicted molar refractivity (Wildman–Crippen MR) is 88.7 cm³/mol. The van der Waals surface area contributed by atoms with Crippen molar-refractivity contribution in [2.75, 3.05) is 12.8 Å². The molecule has 2 aromatic heterocycles. The van der Waals surface area contributed by atoms with E-state index in [4.69, 9.17) is 23.2 Å². The minimum Gasteiger partial charge on any atom is -0.301 e. The van der Waals surface area contributed by atoms with Crippen LogP contribution in [-0.2, 0) is 19.5 Å². The van der Waals surface area contributed by atoms with Crippen LogP contribution in [0, 0.1) is 0 Å². The molecule has 0 atom stereocenters. The molecule has 0 spiro atoms. The minimum atomic E-state index is -0.0639. The SMILES string of the molecule is CSc1nc2c(c(=O)[nH]1)CN(Cc1c(Cl)cncc1Cl)CC2. The smallest absolute Gasteiger partial charge is 0.256 e. The number of hydrogen-bond donors (Lipinski definition) is 1. The molecule has 0 radical (unpaired) electrons. The minimum absolute atomic E-state index is 0.0639. The van der Waals surface area contributed by atoms with Gasteiger partial charge in [0.15, 0.2) is 5.16 Å². The van der Waals surface area contributed by atoms with Crippen molar-refractivity contribution in [2.24, 2.45) is 0 Å². The molecule has 0 aromatic carbocycles. The molecule has 1 N–H and O–H groups in total. The van der Waals surface area contributed by atoms with Gasteiger partial charge < -0.3 is 4.98 Å². The van der Waals surface area contributed by atoms with Crippen LogP contribution in [0.3, 0.4) is 0 Å². The third kappa shape index (κ3) is 3.15. The summed E-state index contributed by atoms with van der Waals surface area (Å²) >= 11 is 13.8. The molecule has 1 aliphatic rings. The van der Waals surface area contributed by atoms with Crippen molar-refractivity contribution in [1.29, 1.82) is 0 Å². The van der Waals surface area contributed by atoms with Gasteiger partial charge in [-0.15, -0.1) is 0 Å². The third-order valence-corrected chi connectivity index (χ3v) is 4.88. The number of fused-ring (bicyclic) bond motifs is 1. The molecular formula is C14H14Cl2N4OS. The Kier molecular flexibility index (Phi) is 4.73. The van der Waals surface area contributed by atoms with E-state index in [1.807, 2.05) is 6.26 Å². The quantitative estimate of drug-likeness (QED) is 0.676. The Morgan fingerprint density at radius 3 is 2.77 bits per heavy atom. The van der Waals surface area contributed by atoms with Crippen LogP contribution < -0.4 is 5.56 Å². The summed E-state index contributed by atoms with van der Waals surface area (Å²) in [7, 11) is 0.